The van der Waals surface area contributed by atoms with E-state index in [2.05, 4.69) is 24.8 Å². The van der Waals surface area contributed by atoms with Crippen LogP contribution in [0, 0.1) is 6.92 Å². The van der Waals surface area contributed by atoms with Gasteiger partial charge in [0.25, 0.3) is 6.17 Å². The van der Waals surface area contributed by atoms with Gasteiger partial charge in [0, 0.05) is 6.07 Å². The van der Waals surface area contributed by atoms with Crippen LogP contribution in [0.25, 0.3) is 5.82 Å². The molecular formula is C11H9F6N5O. The molecule has 126 valence electrons. The number of ether oxygens (including phenoxy) is 1. The molecule has 23 heavy (non-hydrogen) atoms. The lowest BCUT2D eigenvalue weighted by Gasteiger charge is -2.22. The van der Waals surface area contributed by atoms with Gasteiger partial charge in [0.15, 0.2) is 12.4 Å². The number of aromatic nitrogens is 5. The van der Waals surface area contributed by atoms with Gasteiger partial charge in [-0.05, 0) is 6.92 Å². The third-order valence-electron chi connectivity index (χ3n) is 2.53. The van der Waals surface area contributed by atoms with E-state index in [1.54, 1.807) is 0 Å². The molecule has 2 aromatic rings. The first kappa shape index (κ1) is 17.0. The highest BCUT2D eigenvalue weighted by atomic mass is 19.4. The number of nitrogens with zero attached hydrogens (tertiary/aromatic N) is 5. The lowest BCUT2D eigenvalue weighted by molar-refractivity contribution is -0.250. The van der Waals surface area contributed by atoms with Gasteiger partial charge in [0.1, 0.15) is 18.5 Å². The fraction of sp³-hybridized carbons (Fsp3) is 0.455. The van der Waals surface area contributed by atoms with Gasteiger partial charge in [-0.15, -0.1) is 0 Å². The Morgan fingerprint density at radius 3 is 2.48 bits per heavy atom. The first-order valence-corrected chi connectivity index (χ1v) is 6.02. The van der Waals surface area contributed by atoms with E-state index in [4.69, 9.17) is 0 Å². The zero-order valence-electron chi connectivity index (χ0n) is 11.4. The Bertz CT molecular complexity index is 659. The van der Waals surface area contributed by atoms with Crippen LogP contribution in [0.15, 0.2) is 18.7 Å². The van der Waals surface area contributed by atoms with E-state index in [0.29, 0.717) is 0 Å². The maximum absolute atomic E-state index is 13.2. The lowest BCUT2D eigenvalue weighted by Crippen LogP contribution is -2.45. The molecule has 6 nitrogen and oxygen atoms in total. The van der Waals surface area contributed by atoms with Gasteiger partial charge in [0.2, 0.25) is 5.88 Å². The van der Waals surface area contributed by atoms with Crippen molar-refractivity contribution in [3.63, 3.8) is 0 Å². The highest BCUT2D eigenvalue weighted by molar-refractivity contribution is 5.27. The summed E-state index contributed by atoms with van der Waals surface area (Å²) in [6.45, 7) is -0.431. The summed E-state index contributed by atoms with van der Waals surface area (Å²) in [7, 11) is 0. The summed E-state index contributed by atoms with van der Waals surface area (Å²) in [5.41, 5.74) is 0. The number of halogens is 6. The average Bonchev–Trinajstić information content (AvgIpc) is 2.97. The maximum Gasteiger partial charge on any atom is 0.425 e. The van der Waals surface area contributed by atoms with E-state index < -0.39 is 30.8 Å². The summed E-state index contributed by atoms with van der Waals surface area (Å²) in [4.78, 5) is 11.2. The van der Waals surface area contributed by atoms with Gasteiger partial charge in [-0.1, -0.05) is 0 Å². The summed E-state index contributed by atoms with van der Waals surface area (Å²) < 4.78 is 80.9. The molecule has 1 unspecified atom stereocenters. The molecule has 0 radical (unpaired) electrons. The van der Waals surface area contributed by atoms with Gasteiger partial charge < -0.3 is 4.74 Å². The minimum atomic E-state index is -5.69. The number of alkyl halides is 6. The number of aryl methyl sites for hydroxylation is 1. The normalized spacial score (nSPS) is 13.9. The molecule has 0 saturated heterocycles. The third kappa shape index (κ3) is 4.07. The van der Waals surface area contributed by atoms with Gasteiger partial charge in [-0.25, -0.2) is 19.0 Å². The quantitative estimate of drug-likeness (QED) is 0.781. The van der Waals surface area contributed by atoms with Gasteiger partial charge in [0.05, 0.1) is 0 Å². The lowest BCUT2D eigenvalue weighted by atomic mass is 10.2. The van der Waals surface area contributed by atoms with Crippen molar-refractivity contribution in [3.8, 4) is 11.7 Å². The number of hydrogen-bond acceptors (Lipinski definition) is 5. The molecule has 0 N–H and O–H groups in total. The molecule has 12 heteroatoms. The zero-order chi connectivity index (χ0) is 17.3. The molecule has 0 aliphatic heterocycles. The zero-order valence-corrected chi connectivity index (χ0v) is 11.4. The van der Waals surface area contributed by atoms with Crippen LogP contribution in [0.2, 0.25) is 0 Å². The Kier molecular flexibility index (Phi) is 4.43. The van der Waals surface area contributed by atoms with Crippen LogP contribution in [-0.4, -0.2) is 49.6 Å². The molecule has 2 heterocycles. The van der Waals surface area contributed by atoms with Crippen LogP contribution in [0.4, 0.5) is 26.3 Å². The highest BCUT2D eigenvalue weighted by Gasteiger charge is 2.57. The van der Waals surface area contributed by atoms with Crippen LogP contribution in [-0.2, 0) is 0 Å². The maximum atomic E-state index is 13.2. The molecule has 0 aromatic carbocycles. The Morgan fingerprint density at radius 2 is 1.91 bits per heavy atom. The fourth-order valence-corrected chi connectivity index (χ4v) is 1.53. The van der Waals surface area contributed by atoms with E-state index in [9.17, 15) is 26.3 Å². The summed E-state index contributed by atoms with van der Waals surface area (Å²) in [6.07, 6.45) is -7.60. The topological polar surface area (TPSA) is 65.7 Å². The largest absolute Gasteiger partial charge is 0.471 e. The molecular weight excluding hydrogens is 332 g/mol. The molecule has 0 spiro atoms. The fourth-order valence-electron chi connectivity index (χ4n) is 1.53. The molecule has 1 atom stereocenters. The predicted molar refractivity (Wildman–Crippen MR) is 63.1 cm³/mol. The molecule has 0 fully saturated rings. The first-order chi connectivity index (χ1) is 10.6. The first-order valence-electron chi connectivity index (χ1n) is 6.02. The molecule has 0 saturated carbocycles. The van der Waals surface area contributed by atoms with Crippen molar-refractivity contribution in [1.29, 1.82) is 0 Å². The van der Waals surface area contributed by atoms with Crippen LogP contribution < -0.4 is 4.74 Å². The van der Waals surface area contributed by atoms with Crippen molar-refractivity contribution in [2.75, 3.05) is 6.61 Å². The second kappa shape index (κ2) is 6.01. The van der Waals surface area contributed by atoms with E-state index in [1.807, 2.05) is 0 Å². The standard InChI is InChI=1S/C11H9F6N5O/c1-6-20-7(22-5-18-4-19-22)2-8(21-6)23-3-10(13,14)9(12)11(15,16)17/h2,4-5,9H,3H2,1H3. The molecule has 2 rings (SSSR count). The highest BCUT2D eigenvalue weighted by Crippen LogP contribution is 2.35. The SMILES string of the molecule is Cc1nc(OCC(F)(F)C(F)C(F)(F)F)cc(-n2cncn2)n1. The van der Waals surface area contributed by atoms with E-state index in [1.165, 1.54) is 19.6 Å². The van der Waals surface area contributed by atoms with Crippen LogP contribution in [0.5, 0.6) is 5.88 Å². The minimum Gasteiger partial charge on any atom is -0.471 e. The van der Waals surface area contributed by atoms with Crippen molar-refractivity contribution in [3.05, 3.63) is 24.5 Å². The van der Waals surface area contributed by atoms with Crippen molar-refractivity contribution in [1.82, 2.24) is 24.7 Å². The minimum absolute atomic E-state index is 0.0870. The Labute approximate surface area is 125 Å². The summed E-state index contributed by atoms with van der Waals surface area (Å²) >= 11 is 0. The molecule has 0 amide bonds. The summed E-state index contributed by atoms with van der Waals surface area (Å²) in [5, 5.41) is 3.74. The van der Waals surface area contributed by atoms with E-state index in [-0.39, 0.29) is 11.6 Å². The second-order valence-electron chi connectivity index (χ2n) is 4.41. The monoisotopic (exact) mass is 341 g/mol. The number of hydrogen-bond donors (Lipinski definition) is 0. The third-order valence-corrected chi connectivity index (χ3v) is 2.53. The second-order valence-corrected chi connectivity index (χ2v) is 4.41. The molecule has 0 bridgehead atoms. The predicted octanol–water partition coefficient (Wildman–Crippen LogP) is 2.28. The Morgan fingerprint density at radius 1 is 1.22 bits per heavy atom. The van der Waals surface area contributed by atoms with Crippen molar-refractivity contribution >= 4 is 0 Å². The van der Waals surface area contributed by atoms with Crippen LogP contribution in [0.1, 0.15) is 5.82 Å². The van der Waals surface area contributed by atoms with Gasteiger partial charge in [-0.2, -0.15) is 32.0 Å². The molecule has 0 aliphatic carbocycles. The van der Waals surface area contributed by atoms with Crippen molar-refractivity contribution < 1.29 is 31.1 Å². The smallest absolute Gasteiger partial charge is 0.425 e. The Hall–Kier alpha value is -2.40. The van der Waals surface area contributed by atoms with Crippen LogP contribution >= 0.6 is 0 Å². The van der Waals surface area contributed by atoms with Crippen LogP contribution in [0.3, 0.4) is 0 Å². The number of rotatable bonds is 5. The Balaban J connectivity index is 2.15. The van der Waals surface area contributed by atoms with Crippen molar-refractivity contribution in [2.45, 2.75) is 25.2 Å². The summed E-state index contributed by atoms with van der Waals surface area (Å²) in [6, 6.07) is 1.05. The molecule has 0 aliphatic rings. The van der Waals surface area contributed by atoms with E-state index in [0.717, 1.165) is 10.7 Å². The van der Waals surface area contributed by atoms with Crippen molar-refractivity contribution in [2.24, 2.45) is 0 Å². The average molecular weight is 341 g/mol. The van der Waals surface area contributed by atoms with Gasteiger partial charge >= 0.3 is 12.1 Å². The van der Waals surface area contributed by atoms with Gasteiger partial charge in [-0.3, -0.25) is 0 Å². The molecule has 2 aromatic heterocycles. The van der Waals surface area contributed by atoms with E-state index >= 15 is 0 Å². The summed E-state index contributed by atoms with van der Waals surface area (Å²) in [5.74, 6) is -5.02.